The molecule has 21 heavy (non-hydrogen) atoms. The van der Waals surface area contributed by atoms with E-state index in [1.807, 2.05) is 11.3 Å². The van der Waals surface area contributed by atoms with E-state index in [-0.39, 0.29) is 10.8 Å². The predicted molar refractivity (Wildman–Crippen MR) is 94.4 cm³/mol. The predicted octanol–water partition coefficient (Wildman–Crippen LogP) is 6.05. The molecule has 2 rings (SSSR count). The summed E-state index contributed by atoms with van der Waals surface area (Å²) in [6.45, 7) is 13.8. The number of nitrogens with zero attached hydrogens (tertiary/aromatic N) is 1. The molecule has 1 aromatic heterocycles. The van der Waals surface area contributed by atoms with E-state index < -0.39 is 0 Å². The van der Waals surface area contributed by atoms with Crippen LogP contribution in [0.15, 0.2) is 5.38 Å². The molecule has 0 aromatic carbocycles. The van der Waals surface area contributed by atoms with E-state index in [1.54, 1.807) is 0 Å². The van der Waals surface area contributed by atoms with Crippen molar-refractivity contribution in [3.8, 4) is 0 Å². The Morgan fingerprint density at radius 1 is 1.24 bits per heavy atom. The summed E-state index contributed by atoms with van der Waals surface area (Å²) in [5.41, 5.74) is 1.60. The SMILES string of the molecule is CC1CCC(C(C)(C)Cc2nc(C(C)(C)C)cs2)C(Cl)C1. The molecule has 1 aromatic rings. The molecule has 120 valence electrons. The summed E-state index contributed by atoms with van der Waals surface area (Å²) in [5.74, 6) is 1.39. The highest BCUT2D eigenvalue weighted by molar-refractivity contribution is 7.09. The molecule has 1 aliphatic rings. The normalized spacial score (nSPS) is 27.9. The summed E-state index contributed by atoms with van der Waals surface area (Å²) in [6, 6.07) is 0. The lowest BCUT2D eigenvalue weighted by Crippen LogP contribution is -2.37. The van der Waals surface area contributed by atoms with E-state index in [4.69, 9.17) is 16.6 Å². The lowest BCUT2D eigenvalue weighted by atomic mass is 9.67. The van der Waals surface area contributed by atoms with Gasteiger partial charge < -0.3 is 0 Å². The fraction of sp³-hybridized carbons (Fsp3) is 0.833. The zero-order valence-corrected chi connectivity index (χ0v) is 15.9. The molecule has 0 aliphatic heterocycles. The lowest BCUT2D eigenvalue weighted by Gasteiger charge is -2.41. The zero-order chi connectivity index (χ0) is 15.8. The van der Waals surface area contributed by atoms with Crippen LogP contribution in [-0.2, 0) is 11.8 Å². The van der Waals surface area contributed by atoms with E-state index in [2.05, 4.69) is 46.9 Å². The van der Waals surface area contributed by atoms with Gasteiger partial charge in [-0.3, -0.25) is 0 Å². The number of aromatic nitrogens is 1. The first-order valence-electron chi connectivity index (χ1n) is 8.18. The van der Waals surface area contributed by atoms with E-state index in [0.29, 0.717) is 11.3 Å². The van der Waals surface area contributed by atoms with Gasteiger partial charge in [-0.15, -0.1) is 22.9 Å². The van der Waals surface area contributed by atoms with Crippen molar-refractivity contribution in [2.45, 2.75) is 78.0 Å². The third-order valence-corrected chi connectivity index (χ3v) is 6.30. The maximum Gasteiger partial charge on any atom is 0.0933 e. The summed E-state index contributed by atoms with van der Waals surface area (Å²) < 4.78 is 0. The van der Waals surface area contributed by atoms with E-state index in [9.17, 15) is 0 Å². The summed E-state index contributed by atoms with van der Waals surface area (Å²) >= 11 is 8.50. The molecule has 0 amide bonds. The van der Waals surface area contributed by atoms with Crippen LogP contribution in [0.25, 0.3) is 0 Å². The second kappa shape index (κ2) is 6.20. The van der Waals surface area contributed by atoms with Crippen molar-refractivity contribution in [3.05, 3.63) is 16.1 Å². The highest BCUT2D eigenvalue weighted by atomic mass is 35.5. The fourth-order valence-electron chi connectivity index (χ4n) is 3.45. The van der Waals surface area contributed by atoms with Gasteiger partial charge in [0.1, 0.15) is 0 Å². The van der Waals surface area contributed by atoms with Crippen molar-refractivity contribution in [1.82, 2.24) is 4.98 Å². The lowest BCUT2D eigenvalue weighted by molar-refractivity contribution is 0.141. The zero-order valence-electron chi connectivity index (χ0n) is 14.4. The van der Waals surface area contributed by atoms with Gasteiger partial charge in [-0.25, -0.2) is 4.98 Å². The molecule has 1 heterocycles. The van der Waals surface area contributed by atoms with Gasteiger partial charge in [0.2, 0.25) is 0 Å². The van der Waals surface area contributed by atoms with Crippen LogP contribution in [0.1, 0.15) is 71.5 Å². The second-order valence-electron chi connectivity index (χ2n) is 8.58. The molecule has 0 radical (unpaired) electrons. The molecule has 0 N–H and O–H groups in total. The Balaban J connectivity index is 2.08. The standard InChI is InChI=1S/C18H30ClNS/c1-12-7-8-13(14(19)9-12)18(5,6)10-16-20-15(11-21-16)17(2,3)4/h11-14H,7-10H2,1-6H3. The van der Waals surface area contributed by atoms with Gasteiger partial charge in [0.15, 0.2) is 0 Å². The number of thiazole rings is 1. The van der Waals surface area contributed by atoms with Crippen LogP contribution in [0, 0.1) is 17.3 Å². The van der Waals surface area contributed by atoms with Crippen LogP contribution in [0.2, 0.25) is 0 Å². The molecule has 0 bridgehead atoms. The van der Waals surface area contributed by atoms with Gasteiger partial charge in [-0.05, 0) is 30.1 Å². The van der Waals surface area contributed by atoms with Crippen molar-refractivity contribution < 1.29 is 0 Å². The van der Waals surface area contributed by atoms with E-state index in [0.717, 1.165) is 12.3 Å². The van der Waals surface area contributed by atoms with Crippen LogP contribution in [-0.4, -0.2) is 10.4 Å². The number of halogens is 1. The Labute approximate surface area is 139 Å². The smallest absolute Gasteiger partial charge is 0.0933 e. The number of hydrogen-bond acceptors (Lipinski definition) is 2. The van der Waals surface area contributed by atoms with Crippen LogP contribution < -0.4 is 0 Å². The topological polar surface area (TPSA) is 12.9 Å². The minimum absolute atomic E-state index is 0.147. The first-order valence-corrected chi connectivity index (χ1v) is 9.50. The first kappa shape index (κ1) is 17.3. The summed E-state index contributed by atoms with van der Waals surface area (Å²) in [4.78, 5) is 4.88. The molecule has 1 fully saturated rings. The van der Waals surface area contributed by atoms with Crippen molar-refractivity contribution >= 4 is 22.9 Å². The molecule has 0 spiro atoms. The maximum atomic E-state index is 6.69. The monoisotopic (exact) mass is 327 g/mol. The van der Waals surface area contributed by atoms with Gasteiger partial charge in [-0.2, -0.15) is 0 Å². The van der Waals surface area contributed by atoms with Crippen LogP contribution in [0.5, 0.6) is 0 Å². The van der Waals surface area contributed by atoms with Crippen molar-refractivity contribution in [2.24, 2.45) is 17.3 Å². The van der Waals surface area contributed by atoms with Crippen LogP contribution in [0.4, 0.5) is 0 Å². The highest BCUT2D eigenvalue weighted by Gasteiger charge is 2.38. The third kappa shape index (κ3) is 4.22. The van der Waals surface area contributed by atoms with Gasteiger partial charge >= 0.3 is 0 Å². The Morgan fingerprint density at radius 3 is 2.43 bits per heavy atom. The largest absolute Gasteiger partial charge is 0.246 e. The van der Waals surface area contributed by atoms with Gasteiger partial charge in [0, 0.05) is 22.6 Å². The van der Waals surface area contributed by atoms with Crippen molar-refractivity contribution in [2.75, 3.05) is 0 Å². The second-order valence-corrected chi connectivity index (χ2v) is 10.1. The molecule has 3 unspecified atom stereocenters. The van der Waals surface area contributed by atoms with Gasteiger partial charge in [-0.1, -0.05) is 48.0 Å². The Morgan fingerprint density at radius 2 is 1.90 bits per heavy atom. The van der Waals surface area contributed by atoms with Crippen molar-refractivity contribution in [1.29, 1.82) is 0 Å². The van der Waals surface area contributed by atoms with Crippen molar-refractivity contribution in [3.63, 3.8) is 0 Å². The van der Waals surface area contributed by atoms with Crippen LogP contribution in [0.3, 0.4) is 0 Å². The average Bonchev–Trinajstić information content (AvgIpc) is 2.75. The number of hydrogen-bond donors (Lipinski definition) is 0. The number of alkyl halides is 1. The Hall–Kier alpha value is -0.0800. The molecular weight excluding hydrogens is 298 g/mol. The van der Waals surface area contributed by atoms with E-state index in [1.165, 1.54) is 30.0 Å². The molecule has 3 atom stereocenters. The Bertz CT molecular complexity index is 472. The quantitative estimate of drug-likeness (QED) is 0.615. The minimum atomic E-state index is 0.147. The third-order valence-electron chi connectivity index (χ3n) is 4.97. The summed E-state index contributed by atoms with van der Waals surface area (Å²) in [5, 5.41) is 3.82. The Kier molecular flexibility index (Phi) is 5.10. The fourth-order valence-corrected chi connectivity index (χ4v) is 5.48. The van der Waals surface area contributed by atoms with Gasteiger partial charge in [0.25, 0.3) is 0 Å². The molecule has 3 heteroatoms. The van der Waals surface area contributed by atoms with E-state index >= 15 is 0 Å². The number of rotatable bonds is 3. The molecule has 1 saturated carbocycles. The van der Waals surface area contributed by atoms with Gasteiger partial charge in [0.05, 0.1) is 10.7 Å². The maximum absolute atomic E-state index is 6.69. The first-order chi connectivity index (χ1) is 9.59. The summed E-state index contributed by atoms with van der Waals surface area (Å²) in [7, 11) is 0. The van der Waals surface area contributed by atoms with Crippen LogP contribution >= 0.6 is 22.9 Å². The molecule has 0 saturated heterocycles. The molecule has 1 aliphatic carbocycles. The molecular formula is C18H30ClNS. The average molecular weight is 328 g/mol. The minimum Gasteiger partial charge on any atom is -0.246 e. The highest BCUT2D eigenvalue weighted by Crippen LogP contribution is 2.44. The summed E-state index contributed by atoms with van der Waals surface area (Å²) in [6.07, 6.45) is 4.80. The molecule has 1 nitrogen and oxygen atoms in total.